The lowest BCUT2D eigenvalue weighted by atomic mass is 9.89. The summed E-state index contributed by atoms with van der Waals surface area (Å²) in [7, 11) is 0. The Labute approximate surface area is 181 Å². The summed E-state index contributed by atoms with van der Waals surface area (Å²) in [5, 5.41) is 12.1. The standard InChI is InChI=1S/C22H33N3O.2ClH/c1-4-23(5-2)14-17(26)15-24-11-12-25-20-10-9-16(3)13-19(20)18-7-6-8-21(24)22(18)25;;/h9-10,13,17,21,26H,4-8,11-12,14-15H2,1-3H3;2*1H. The van der Waals surface area contributed by atoms with Gasteiger partial charge >= 0.3 is 0 Å². The van der Waals surface area contributed by atoms with Crippen molar-refractivity contribution < 1.29 is 5.11 Å². The monoisotopic (exact) mass is 427 g/mol. The second-order valence-electron chi connectivity index (χ2n) is 8.08. The largest absolute Gasteiger partial charge is 0.390 e. The highest BCUT2D eigenvalue weighted by Crippen LogP contribution is 2.42. The summed E-state index contributed by atoms with van der Waals surface area (Å²) < 4.78 is 2.57. The number of rotatable bonds is 6. The molecule has 4 nitrogen and oxygen atoms in total. The van der Waals surface area contributed by atoms with Crippen molar-refractivity contribution in [2.45, 2.75) is 58.7 Å². The van der Waals surface area contributed by atoms with E-state index in [-0.39, 0.29) is 30.9 Å². The molecule has 1 aliphatic carbocycles. The van der Waals surface area contributed by atoms with Crippen molar-refractivity contribution in [2.75, 3.05) is 32.7 Å². The van der Waals surface area contributed by atoms with Crippen LogP contribution in [0.25, 0.3) is 10.9 Å². The van der Waals surface area contributed by atoms with Crippen LogP contribution in [0.2, 0.25) is 0 Å². The molecule has 1 N–H and O–H groups in total. The Kier molecular flexibility index (Phi) is 8.24. The molecule has 0 fully saturated rings. The zero-order valence-corrected chi connectivity index (χ0v) is 19.0. The number of halogens is 2. The molecule has 28 heavy (non-hydrogen) atoms. The minimum Gasteiger partial charge on any atom is -0.390 e. The molecule has 2 aliphatic rings. The van der Waals surface area contributed by atoms with Gasteiger partial charge in [0.25, 0.3) is 0 Å². The molecule has 2 heterocycles. The third kappa shape index (κ3) is 4.22. The van der Waals surface area contributed by atoms with Gasteiger partial charge in [-0.3, -0.25) is 4.90 Å². The van der Waals surface area contributed by atoms with E-state index in [2.05, 4.69) is 53.3 Å². The zero-order valence-electron chi connectivity index (χ0n) is 17.4. The van der Waals surface area contributed by atoms with Crippen molar-refractivity contribution in [3.05, 3.63) is 35.0 Å². The third-order valence-corrected chi connectivity index (χ3v) is 6.45. The number of β-amino-alcohol motifs (C(OH)–C–C–N with tert-alkyl or cyclic N) is 1. The summed E-state index contributed by atoms with van der Waals surface area (Å²) in [6.45, 7) is 12.2. The fraction of sp³-hybridized carbons (Fsp3) is 0.636. The third-order valence-electron chi connectivity index (χ3n) is 6.45. The number of hydrogen-bond acceptors (Lipinski definition) is 3. The van der Waals surface area contributed by atoms with Gasteiger partial charge in [-0.15, -0.1) is 24.8 Å². The number of aliphatic hydroxyl groups is 1. The molecular weight excluding hydrogens is 393 g/mol. The average Bonchev–Trinajstić information content (AvgIpc) is 2.96. The van der Waals surface area contributed by atoms with E-state index in [1.807, 2.05) is 0 Å². The summed E-state index contributed by atoms with van der Waals surface area (Å²) in [6, 6.07) is 7.40. The SMILES string of the molecule is CCN(CC)CC(O)CN1CCn2c3c(c4cc(C)ccc42)CCCC31.Cl.Cl. The van der Waals surface area contributed by atoms with Crippen LogP contribution in [0.15, 0.2) is 18.2 Å². The summed E-state index contributed by atoms with van der Waals surface area (Å²) in [4.78, 5) is 4.87. The molecule has 0 amide bonds. The summed E-state index contributed by atoms with van der Waals surface area (Å²) in [6.07, 6.45) is 3.42. The van der Waals surface area contributed by atoms with Crippen LogP contribution in [-0.2, 0) is 13.0 Å². The smallest absolute Gasteiger partial charge is 0.0794 e. The first-order chi connectivity index (χ1) is 12.6. The Morgan fingerprint density at radius 1 is 1.18 bits per heavy atom. The molecule has 2 unspecified atom stereocenters. The van der Waals surface area contributed by atoms with Crippen LogP contribution in [0.3, 0.4) is 0 Å². The van der Waals surface area contributed by atoms with Crippen LogP contribution in [0.1, 0.15) is 49.6 Å². The van der Waals surface area contributed by atoms with Crippen LogP contribution >= 0.6 is 24.8 Å². The van der Waals surface area contributed by atoms with Crippen molar-refractivity contribution in [1.29, 1.82) is 0 Å². The van der Waals surface area contributed by atoms with Gasteiger partial charge in [0.2, 0.25) is 0 Å². The molecule has 0 saturated heterocycles. The quantitative estimate of drug-likeness (QED) is 0.749. The normalized spacial score (nSPS) is 19.8. The fourth-order valence-corrected chi connectivity index (χ4v) is 5.12. The molecule has 0 bridgehead atoms. The van der Waals surface area contributed by atoms with E-state index in [0.29, 0.717) is 6.04 Å². The van der Waals surface area contributed by atoms with Gasteiger partial charge in [-0.25, -0.2) is 0 Å². The van der Waals surface area contributed by atoms with Gasteiger partial charge in [-0.1, -0.05) is 25.5 Å². The van der Waals surface area contributed by atoms with Crippen LogP contribution in [0.5, 0.6) is 0 Å². The Morgan fingerprint density at radius 3 is 2.64 bits per heavy atom. The first-order valence-electron chi connectivity index (χ1n) is 10.4. The van der Waals surface area contributed by atoms with Gasteiger partial charge in [0.05, 0.1) is 12.1 Å². The highest BCUT2D eigenvalue weighted by atomic mass is 35.5. The molecule has 1 aromatic heterocycles. The number of likely N-dealkylation sites (N-methyl/N-ethyl adjacent to an activating group) is 1. The maximum absolute atomic E-state index is 10.7. The zero-order chi connectivity index (χ0) is 18.3. The number of fused-ring (bicyclic) bond motifs is 3. The second-order valence-corrected chi connectivity index (χ2v) is 8.08. The molecular formula is C22H35Cl2N3O. The molecule has 2 atom stereocenters. The number of aryl methyl sites for hydroxylation is 2. The molecule has 0 radical (unpaired) electrons. The molecule has 158 valence electrons. The van der Waals surface area contributed by atoms with Crippen LogP contribution in [0.4, 0.5) is 0 Å². The van der Waals surface area contributed by atoms with Gasteiger partial charge in [-0.2, -0.15) is 0 Å². The van der Waals surface area contributed by atoms with Crippen molar-refractivity contribution >= 4 is 35.7 Å². The van der Waals surface area contributed by atoms with Crippen LogP contribution in [-0.4, -0.2) is 58.3 Å². The number of aliphatic hydroxyl groups excluding tert-OH is 1. The summed E-state index contributed by atoms with van der Waals surface area (Å²) in [5.41, 5.74) is 5.88. The number of nitrogens with zero attached hydrogens (tertiary/aromatic N) is 3. The molecule has 1 aliphatic heterocycles. The highest BCUT2D eigenvalue weighted by Gasteiger charge is 2.35. The van der Waals surface area contributed by atoms with Crippen molar-refractivity contribution in [3.63, 3.8) is 0 Å². The predicted octanol–water partition coefficient (Wildman–Crippen LogP) is 4.19. The Hall–Kier alpha value is -0.780. The van der Waals surface area contributed by atoms with E-state index < -0.39 is 0 Å². The topological polar surface area (TPSA) is 31.6 Å². The van der Waals surface area contributed by atoms with E-state index in [4.69, 9.17) is 0 Å². The molecule has 1 aromatic carbocycles. The molecule has 6 heteroatoms. The predicted molar refractivity (Wildman–Crippen MR) is 122 cm³/mol. The first kappa shape index (κ1) is 23.5. The highest BCUT2D eigenvalue weighted by molar-refractivity contribution is 5.87. The van der Waals surface area contributed by atoms with E-state index in [9.17, 15) is 5.11 Å². The minimum absolute atomic E-state index is 0. The number of benzene rings is 1. The fourth-order valence-electron chi connectivity index (χ4n) is 5.12. The van der Waals surface area contributed by atoms with Crippen LogP contribution in [0, 0.1) is 6.92 Å². The van der Waals surface area contributed by atoms with Gasteiger partial charge in [-0.05, 0) is 57.0 Å². The van der Waals surface area contributed by atoms with E-state index >= 15 is 0 Å². The van der Waals surface area contributed by atoms with Gasteiger partial charge in [0.1, 0.15) is 0 Å². The van der Waals surface area contributed by atoms with Crippen molar-refractivity contribution in [1.82, 2.24) is 14.4 Å². The second kappa shape index (κ2) is 9.82. The summed E-state index contributed by atoms with van der Waals surface area (Å²) >= 11 is 0. The van der Waals surface area contributed by atoms with Crippen molar-refractivity contribution in [2.24, 2.45) is 0 Å². The lowest BCUT2D eigenvalue weighted by Crippen LogP contribution is -2.46. The maximum atomic E-state index is 10.7. The molecule has 0 saturated carbocycles. The number of hydrogen-bond donors (Lipinski definition) is 1. The van der Waals surface area contributed by atoms with E-state index in [0.717, 1.165) is 39.3 Å². The van der Waals surface area contributed by atoms with Gasteiger partial charge in [0.15, 0.2) is 0 Å². The van der Waals surface area contributed by atoms with Crippen LogP contribution < -0.4 is 0 Å². The van der Waals surface area contributed by atoms with Gasteiger partial charge in [0, 0.05) is 42.8 Å². The first-order valence-corrected chi connectivity index (χ1v) is 10.4. The molecule has 4 rings (SSSR count). The van der Waals surface area contributed by atoms with E-state index in [1.165, 1.54) is 41.4 Å². The Morgan fingerprint density at radius 2 is 1.93 bits per heavy atom. The molecule has 2 aromatic rings. The molecule has 0 spiro atoms. The Balaban J connectivity index is 0.00000140. The Bertz CT molecular complexity index is 788. The maximum Gasteiger partial charge on any atom is 0.0794 e. The van der Waals surface area contributed by atoms with E-state index in [1.54, 1.807) is 5.56 Å². The lowest BCUT2D eigenvalue weighted by Gasteiger charge is -2.41. The minimum atomic E-state index is -0.265. The lowest BCUT2D eigenvalue weighted by molar-refractivity contribution is 0.0439. The summed E-state index contributed by atoms with van der Waals surface area (Å²) in [5.74, 6) is 0. The van der Waals surface area contributed by atoms with Gasteiger partial charge < -0.3 is 14.6 Å². The number of aromatic nitrogens is 1. The average molecular weight is 428 g/mol. The van der Waals surface area contributed by atoms with Crippen molar-refractivity contribution in [3.8, 4) is 0 Å².